The number of aryl methyl sites for hydroxylation is 1. The number of hydrogen-bond acceptors (Lipinski definition) is 8. The molecule has 1 amide bonds. The maximum Gasteiger partial charge on any atom is 0.225 e. The third-order valence-corrected chi connectivity index (χ3v) is 7.86. The van der Waals surface area contributed by atoms with Crippen LogP contribution in [0, 0.1) is 12.8 Å². The maximum atomic E-state index is 12.9. The molecule has 4 aromatic rings. The topological polar surface area (TPSA) is 83.9 Å². The molecule has 1 aliphatic heterocycles. The van der Waals surface area contributed by atoms with Crippen LogP contribution in [0.15, 0.2) is 54.2 Å². The average molecular weight is 477 g/mol. The Kier molecular flexibility index (Phi) is 6.41. The highest BCUT2D eigenvalue weighted by Gasteiger charge is 2.27. The van der Waals surface area contributed by atoms with E-state index in [-0.39, 0.29) is 11.8 Å². The van der Waals surface area contributed by atoms with E-state index in [2.05, 4.69) is 30.4 Å². The third-order valence-electron chi connectivity index (χ3n) is 5.76. The summed E-state index contributed by atoms with van der Waals surface area (Å²) in [4.78, 5) is 26.1. The molecule has 33 heavy (non-hydrogen) atoms. The normalized spacial score (nSPS) is 16.0. The molecule has 0 aromatic carbocycles. The van der Waals surface area contributed by atoms with Gasteiger partial charge < -0.3 is 10.2 Å². The second-order valence-corrected chi connectivity index (χ2v) is 10.1. The molecule has 0 radical (unpaired) electrons. The molecule has 1 unspecified atom stereocenters. The number of carbonyl (C=O) groups is 1. The Morgan fingerprint density at radius 1 is 1.21 bits per heavy atom. The van der Waals surface area contributed by atoms with Crippen LogP contribution < -0.4 is 10.2 Å². The Bertz CT molecular complexity index is 1210. The molecule has 0 spiro atoms. The van der Waals surface area contributed by atoms with Gasteiger partial charge in [0, 0.05) is 35.9 Å². The molecule has 5 heterocycles. The predicted molar refractivity (Wildman–Crippen MR) is 132 cm³/mol. The second-order valence-electron chi connectivity index (χ2n) is 8.03. The highest BCUT2D eigenvalue weighted by molar-refractivity contribution is 7.15. The summed E-state index contributed by atoms with van der Waals surface area (Å²) in [6, 6.07) is 12.0. The van der Waals surface area contributed by atoms with Gasteiger partial charge in [-0.05, 0) is 55.5 Å². The number of pyridine rings is 1. The van der Waals surface area contributed by atoms with Gasteiger partial charge in [-0.2, -0.15) is 0 Å². The van der Waals surface area contributed by atoms with E-state index in [1.807, 2.05) is 54.9 Å². The molecule has 0 saturated carbocycles. The van der Waals surface area contributed by atoms with Crippen LogP contribution >= 0.6 is 22.7 Å². The van der Waals surface area contributed by atoms with Gasteiger partial charge in [0.05, 0.1) is 23.0 Å². The van der Waals surface area contributed by atoms with Gasteiger partial charge in [0.2, 0.25) is 5.91 Å². The smallest absolute Gasteiger partial charge is 0.225 e. The van der Waals surface area contributed by atoms with Crippen molar-refractivity contribution in [2.24, 2.45) is 5.92 Å². The Hall–Kier alpha value is -3.17. The van der Waals surface area contributed by atoms with Crippen LogP contribution in [0.25, 0.3) is 21.1 Å². The number of anilines is 1. The number of thiophene rings is 1. The summed E-state index contributed by atoms with van der Waals surface area (Å²) in [6.07, 6.45) is 5.40. The number of aromatic nitrogens is 4. The summed E-state index contributed by atoms with van der Waals surface area (Å²) in [6.45, 7) is 4.02. The minimum absolute atomic E-state index is 0.0662. The van der Waals surface area contributed by atoms with E-state index < -0.39 is 0 Å². The molecule has 0 aliphatic carbocycles. The van der Waals surface area contributed by atoms with Gasteiger partial charge in [0.25, 0.3) is 0 Å². The number of carbonyl (C=O) groups excluding carboxylic acids is 1. The van der Waals surface area contributed by atoms with Crippen molar-refractivity contribution in [2.75, 3.05) is 18.0 Å². The molecule has 0 bridgehead atoms. The summed E-state index contributed by atoms with van der Waals surface area (Å²) in [5.41, 5.74) is 2.83. The van der Waals surface area contributed by atoms with Crippen molar-refractivity contribution in [2.45, 2.75) is 26.3 Å². The van der Waals surface area contributed by atoms with Gasteiger partial charge in [0.15, 0.2) is 5.82 Å². The van der Waals surface area contributed by atoms with E-state index in [4.69, 9.17) is 0 Å². The fourth-order valence-corrected chi connectivity index (χ4v) is 5.65. The largest absolute Gasteiger partial charge is 0.354 e. The molecule has 5 rings (SSSR count). The quantitative estimate of drug-likeness (QED) is 0.439. The van der Waals surface area contributed by atoms with Crippen LogP contribution in [0.4, 0.5) is 5.82 Å². The molecule has 7 nitrogen and oxygen atoms in total. The zero-order valence-corrected chi connectivity index (χ0v) is 19.9. The number of nitrogens with zero attached hydrogens (tertiary/aromatic N) is 5. The van der Waals surface area contributed by atoms with Crippen molar-refractivity contribution in [1.82, 2.24) is 25.5 Å². The molecule has 1 N–H and O–H groups in total. The lowest BCUT2D eigenvalue weighted by atomic mass is 9.97. The summed E-state index contributed by atoms with van der Waals surface area (Å²) in [5, 5.41) is 14.9. The molecule has 4 aromatic heterocycles. The van der Waals surface area contributed by atoms with Gasteiger partial charge >= 0.3 is 0 Å². The minimum Gasteiger partial charge on any atom is -0.354 e. The Morgan fingerprint density at radius 3 is 2.91 bits per heavy atom. The highest BCUT2D eigenvalue weighted by Crippen LogP contribution is 2.28. The van der Waals surface area contributed by atoms with Crippen LogP contribution in [0.3, 0.4) is 0 Å². The number of hydrogen-bond donors (Lipinski definition) is 1. The molecule has 1 atom stereocenters. The van der Waals surface area contributed by atoms with Gasteiger partial charge in [-0.25, -0.2) is 4.98 Å². The molecule has 168 valence electrons. The van der Waals surface area contributed by atoms with Gasteiger partial charge in [-0.15, -0.1) is 32.9 Å². The van der Waals surface area contributed by atoms with Gasteiger partial charge in [0.1, 0.15) is 10.7 Å². The first-order valence-corrected chi connectivity index (χ1v) is 12.6. The average Bonchev–Trinajstić information content (AvgIpc) is 3.53. The summed E-state index contributed by atoms with van der Waals surface area (Å²) >= 11 is 3.26. The fourth-order valence-electron chi connectivity index (χ4n) is 3.97. The second kappa shape index (κ2) is 9.76. The van der Waals surface area contributed by atoms with Crippen LogP contribution in [0.1, 0.15) is 23.4 Å². The summed E-state index contributed by atoms with van der Waals surface area (Å²) in [7, 11) is 0. The van der Waals surface area contributed by atoms with Gasteiger partial charge in [-0.3, -0.25) is 9.78 Å². The van der Waals surface area contributed by atoms with Crippen molar-refractivity contribution in [3.63, 3.8) is 0 Å². The van der Waals surface area contributed by atoms with Crippen LogP contribution in [-0.4, -0.2) is 39.2 Å². The van der Waals surface area contributed by atoms with Crippen molar-refractivity contribution < 1.29 is 4.79 Å². The fraction of sp³-hybridized carbons (Fsp3) is 0.292. The zero-order chi connectivity index (χ0) is 22.6. The number of nitrogens with one attached hydrogen (secondary N) is 1. The number of amides is 1. The first-order chi connectivity index (χ1) is 16.2. The monoisotopic (exact) mass is 476 g/mol. The molecule has 9 heteroatoms. The third kappa shape index (κ3) is 4.94. The van der Waals surface area contributed by atoms with E-state index in [1.165, 1.54) is 0 Å². The SMILES string of the molecule is Cc1nc(-c2cccnc2)sc1CNC(=O)C1CCCN(c2ccc(-c3cccs3)nn2)C1. The lowest BCUT2D eigenvalue weighted by Crippen LogP contribution is -2.43. The van der Waals surface area contributed by atoms with E-state index in [9.17, 15) is 4.79 Å². The van der Waals surface area contributed by atoms with E-state index in [0.717, 1.165) is 56.9 Å². The lowest BCUT2D eigenvalue weighted by molar-refractivity contribution is -0.125. The molecular weight excluding hydrogens is 452 g/mol. The molecule has 1 fully saturated rings. The summed E-state index contributed by atoms with van der Waals surface area (Å²) in [5.74, 6) is 0.842. The first-order valence-electron chi connectivity index (χ1n) is 10.9. The first kappa shape index (κ1) is 21.7. The minimum atomic E-state index is -0.0662. The summed E-state index contributed by atoms with van der Waals surface area (Å²) < 4.78 is 0. The van der Waals surface area contributed by atoms with Crippen molar-refractivity contribution in [1.29, 1.82) is 0 Å². The Labute approximate surface area is 200 Å². The van der Waals surface area contributed by atoms with Crippen molar-refractivity contribution >= 4 is 34.4 Å². The highest BCUT2D eigenvalue weighted by atomic mass is 32.1. The van der Waals surface area contributed by atoms with E-state index in [1.54, 1.807) is 28.9 Å². The molecule has 1 saturated heterocycles. The van der Waals surface area contributed by atoms with Crippen LogP contribution in [0.2, 0.25) is 0 Å². The molecule has 1 aliphatic rings. The van der Waals surface area contributed by atoms with E-state index >= 15 is 0 Å². The number of piperidine rings is 1. The van der Waals surface area contributed by atoms with Crippen molar-refractivity contribution in [3.8, 4) is 21.1 Å². The zero-order valence-electron chi connectivity index (χ0n) is 18.3. The lowest BCUT2D eigenvalue weighted by Gasteiger charge is -2.32. The van der Waals surface area contributed by atoms with E-state index in [0.29, 0.717) is 13.1 Å². The van der Waals surface area contributed by atoms with Crippen molar-refractivity contribution in [3.05, 3.63) is 64.7 Å². The Morgan fingerprint density at radius 2 is 2.15 bits per heavy atom. The predicted octanol–water partition coefficient (Wildman–Crippen LogP) is 4.56. The standard InChI is InChI=1S/C24H24N6OS2/c1-16-21(33-24(27-16)17-5-2-10-25-13-17)14-26-23(31)18-6-3-11-30(15-18)22-9-8-19(28-29-22)20-7-4-12-32-20/h2,4-5,7-10,12-13,18H,3,6,11,14-15H2,1H3,(H,26,31). The van der Waals surface area contributed by atoms with Gasteiger partial charge in [-0.1, -0.05) is 6.07 Å². The van der Waals surface area contributed by atoms with Crippen LogP contribution in [-0.2, 0) is 11.3 Å². The van der Waals surface area contributed by atoms with Crippen LogP contribution in [0.5, 0.6) is 0 Å². The number of thiazole rings is 1. The number of rotatable bonds is 6. The maximum absolute atomic E-state index is 12.9. The molecular formula is C24H24N6OS2. The Balaban J connectivity index is 1.20.